The Morgan fingerprint density at radius 3 is 2.57 bits per heavy atom. The van der Waals surface area contributed by atoms with Crippen LogP contribution in [0.25, 0.3) is 0 Å². The summed E-state index contributed by atoms with van der Waals surface area (Å²) in [6.45, 7) is 11.5. The average Bonchev–Trinajstić information content (AvgIpc) is 2.46. The third kappa shape index (κ3) is 3.41. The quantitative estimate of drug-likeness (QED) is 0.895. The van der Waals surface area contributed by atoms with Gasteiger partial charge in [0.1, 0.15) is 5.82 Å². The number of halogens is 2. The minimum atomic E-state index is -0.334. The highest BCUT2D eigenvalue weighted by Crippen LogP contribution is 2.31. The van der Waals surface area contributed by atoms with Crippen molar-refractivity contribution in [1.82, 2.24) is 10.2 Å². The number of piperazine rings is 1. The van der Waals surface area contributed by atoms with Crippen LogP contribution in [0.3, 0.4) is 0 Å². The van der Waals surface area contributed by atoms with Crippen LogP contribution in [-0.2, 0) is 6.54 Å². The van der Waals surface area contributed by atoms with Gasteiger partial charge in [0.05, 0.1) is 5.02 Å². The van der Waals surface area contributed by atoms with E-state index in [2.05, 4.69) is 37.9 Å². The Bertz CT molecular complexity index is 498. The lowest BCUT2D eigenvalue weighted by Gasteiger charge is -2.52. The molecule has 1 N–H and O–H groups in total. The lowest BCUT2D eigenvalue weighted by molar-refractivity contribution is 0.0161. The monoisotopic (exact) mass is 312 g/mol. The fraction of sp³-hybridized carbons (Fsp3) is 0.647. The normalized spacial score (nSPS) is 21.4. The minimum Gasteiger partial charge on any atom is -0.308 e. The van der Waals surface area contributed by atoms with Gasteiger partial charge in [-0.25, -0.2) is 4.39 Å². The molecule has 1 saturated heterocycles. The third-order valence-electron chi connectivity index (χ3n) is 4.99. The molecule has 2 nitrogen and oxygen atoms in total. The molecule has 0 radical (unpaired) electrons. The maximum atomic E-state index is 13.6. The Morgan fingerprint density at radius 1 is 1.29 bits per heavy atom. The predicted molar refractivity (Wildman–Crippen MR) is 87.2 cm³/mol. The van der Waals surface area contributed by atoms with E-state index in [0.717, 1.165) is 31.5 Å². The Morgan fingerprint density at radius 2 is 1.95 bits per heavy atom. The van der Waals surface area contributed by atoms with E-state index in [1.54, 1.807) is 6.07 Å². The van der Waals surface area contributed by atoms with Crippen molar-refractivity contribution in [2.75, 3.05) is 13.1 Å². The van der Waals surface area contributed by atoms with E-state index in [9.17, 15) is 4.39 Å². The zero-order valence-electron chi connectivity index (χ0n) is 13.5. The highest BCUT2D eigenvalue weighted by atomic mass is 35.5. The molecule has 0 spiro atoms. The molecule has 0 aliphatic carbocycles. The number of rotatable bonds is 4. The molecule has 0 bridgehead atoms. The van der Waals surface area contributed by atoms with Crippen molar-refractivity contribution in [3.8, 4) is 0 Å². The molecule has 2 rings (SSSR count). The number of nitrogens with one attached hydrogen (secondary N) is 1. The van der Waals surface area contributed by atoms with Crippen molar-refractivity contribution in [3.63, 3.8) is 0 Å². The molecule has 1 heterocycles. The molecule has 21 heavy (non-hydrogen) atoms. The van der Waals surface area contributed by atoms with Gasteiger partial charge in [-0.1, -0.05) is 37.6 Å². The van der Waals surface area contributed by atoms with Gasteiger partial charge in [-0.2, -0.15) is 0 Å². The maximum absolute atomic E-state index is 13.6. The second-order valence-corrected chi connectivity index (χ2v) is 7.10. The predicted octanol–water partition coefficient (Wildman–Crippen LogP) is 4.22. The first-order valence-corrected chi connectivity index (χ1v) is 8.14. The molecule has 0 aromatic heterocycles. The van der Waals surface area contributed by atoms with E-state index < -0.39 is 0 Å². The molecule has 4 heteroatoms. The van der Waals surface area contributed by atoms with Crippen molar-refractivity contribution in [2.45, 2.75) is 58.2 Å². The molecule has 118 valence electrons. The van der Waals surface area contributed by atoms with Crippen molar-refractivity contribution >= 4 is 11.6 Å². The topological polar surface area (TPSA) is 15.3 Å². The Labute approximate surface area is 132 Å². The average molecular weight is 313 g/mol. The summed E-state index contributed by atoms with van der Waals surface area (Å²) in [4.78, 5) is 2.43. The second kappa shape index (κ2) is 6.23. The SMILES string of the molecule is CCC1(CC)CN(Cc2cccc(F)c2Cl)C(C)(C)CN1. The number of hydrogen-bond acceptors (Lipinski definition) is 2. The highest BCUT2D eigenvalue weighted by molar-refractivity contribution is 6.31. The molecular weight excluding hydrogens is 287 g/mol. The Hall–Kier alpha value is -0.640. The summed E-state index contributed by atoms with van der Waals surface area (Å²) in [7, 11) is 0. The van der Waals surface area contributed by atoms with Crippen LogP contribution in [0.4, 0.5) is 4.39 Å². The molecule has 0 unspecified atom stereocenters. The van der Waals surface area contributed by atoms with Gasteiger partial charge in [0.2, 0.25) is 0 Å². The van der Waals surface area contributed by atoms with Crippen LogP contribution in [0, 0.1) is 5.82 Å². The first-order chi connectivity index (χ1) is 9.83. The second-order valence-electron chi connectivity index (χ2n) is 6.72. The summed E-state index contributed by atoms with van der Waals surface area (Å²) in [6.07, 6.45) is 2.18. The van der Waals surface area contributed by atoms with Crippen molar-refractivity contribution in [1.29, 1.82) is 0 Å². The Balaban J connectivity index is 2.24. The number of nitrogens with zero attached hydrogens (tertiary/aromatic N) is 1. The molecule has 1 aromatic carbocycles. The smallest absolute Gasteiger partial charge is 0.142 e. The summed E-state index contributed by atoms with van der Waals surface area (Å²) in [5, 5.41) is 3.97. The molecule has 0 atom stereocenters. The van der Waals surface area contributed by atoms with Crippen LogP contribution >= 0.6 is 11.6 Å². The summed E-state index contributed by atoms with van der Waals surface area (Å²) in [6, 6.07) is 5.07. The largest absolute Gasteiger partial charge is 0.308 e. The molecule has 0 amide bonds. The van der Waals surface area contributed by atoms with E-state index in [-0.39, 0.29) is 21.9 Å². The van der Waals surface area contributed by atoms with Crippen LogP contribution in [-0.4, -0.2) is 29.1 Å². The van der Waals surface area contributed by atoms with Crippen molar-refractivity contribution < 1.29 is 4.39 Å². The van der Waals surface area contributed by atoms with E-state index in [1.165, 1.54) is 6.07 Å². The summed E-state index contributed by atoms with van der Waals surface area (Å²) >= 11 is 6.13. The van der Waals surface area contributed by atoms with E-state index in [0.29, 0.717) is 6.54 Å². The molecule has 0 saturated carbocycles. The Kier molecular flexibility index (Phi) is 4.96. The van der Waals surface area contributed by atoms with Crippen LogP contribution in [0.5, 0.6) is 0 Å². The first-order valence-electron chi connectivity index (χ1n) is 7.76. The van der Waals surface area contributed by atoms with Gasteiger partial charge in [0.25, 0.3) is 0 Å². The fourth-order valence-corrected chi connectivity index (χ4v) is 3.21. The lowest BCUT2D eigenvalue weighted by Crippen LogP contribution is -2.67. The van der Waals surface area contributed by atoms with Gasteiger partial charge in [0, 0.05) is 30.7 Å². The summed E-state index contributed by atoms with van der Waals surface area (Å²) in [5.74, 6) is -0.334. The first kappa shape index (κ1) is 16.7. The highest BCUT2D eigenvalue weighted by Gasteiger charge is 2.40. The fourth-order valence-electron chi connectivity index (χ4n) is 3.02. The van der Waals surface area contributed by atoms with Crippen LogP contribution in [0.2, 0.25) is 5.02 Å². The number of benzene rings is 1. The van der Waals surface area contributed by atoms with Gasteiger partial charge in [-0.3, -0.25) is 4.90 Å². The zero-order chi connectivity index (χ0) is 15.7. The van der Waals surface area contributed by atoms with Gasteiger partial charge in [0.15, 0.2) is 0 Å². The molecule has 1 fully saturated rings. The standard InChI is InChI=1S/C17H26ClFN2/c1-5-17(6-2)12-21(16(3,4)11-20-17)10-13-8-7-9-14(19)15(13)18/h7-9,20H,5-6,10-12H2,1-4H3. The van der Waals surface area contributed by atoms with Crippen molar-refractivity contribution in [3.05, 3.63) is 34.6 Å². The van der Waals surface area contributed by atoms with E-state index in [1.807, 2.05) is 6.07 Å². The van der Waals surface area contributed by atoms with Crippen LogP contribution in [0.1, 0.15) is 46.1 Å². The van der Waals surface area contributed by atoms with Crippen LogP contribution in [0.15, 0.2) is 18.2 Å². The van der Waals surface area contributed by atoms with Gasteiger partial charge in [-0.05, 0) is 38.3 Å². The van der Waals surface area contributed by atoms with Gasteiger partial charge in [-0.15, -0.1) is 0 Å². The van der Waals surface area contributed by atoms with Crippen molar-refractivity contribution in [2.24, 2.45) is 0 Å². The molecule has 1 aromatic rings. The summed E-state index contributed by atoms with van der Waals surface area (Å²) in [5.41, 5.74) is 1.05. The zero-order valence-corrected chi connectivity index (χ0v) is 14.2. The molecular formula is C17H26ClFN2. The molecule has 1 aliphatic rings. The lowest BCUT2D eigenvalue weighted by atomic mass is 9.84. The minimum absolute atomic E-state index is 0.0312. The third-order valence-corrected chi connectivity index (χ3v) is 5.42. The number of hydrogen-bond donors (Lipinski definition) is 1. The molecule has 1 aliphatic heterocycles. The van der Waals surface area contributed by atoms with E-state index >= 15 is 0 Å². The van der Waals surface area contributed by atoms with Gasteiger partial charge < -0.3 is 5.32 Å². The maximum Gasteiger partial charge on any atom is 0.142 e. The summed E-state index contributed by atoms with van der Waals surface area (Å²) < 4.78 is 13.6. The van der Waals surface area contributed by atoms with E-state index in [4.69, 9.17) is 11.6 Å². The van der Waals surface area contributed by atoms with Gasteiger partial charge >= 0.3 is 0 Å². The van der Waals surface area contributed by atoms with Crippen LogP contribution < -0.4 is 5.32 Å².